The molecule has 0 unspecified atom stereocenters. The zero-order chi connectivity index (χ0) is 20.2. The minimum absolute atomic E-state index is 0. The van der Waals surface area contributed by atoms with Crippen molar-refractivity contribution in [2.24, 2.45) is 0 Å². The molecule has 2 aromatic carbocycles. The van der Waals surface area contributed by atoms with Crippen LogP contribution in [0.15, 0.2) is 79.0 Å². The van der Waals surface area contributed by atoms with Gasteiger partial charge in [0.25, 0.3) is 0 Å². The molecule has 157 valence electrons. The molecule has 0 spiro atoms. The summed E-state index contributed by atoms with van der Waals surface area (Å²) in [6.07, 6.45) is 15.9. The van der Waals surface area contributed by atoms with Crippen LogP contribution in [0.25, 0.3) is 0 Å². The largest absolute Gasteiger partial charge is 0.342 e. The predicted octanol–water partition coefficient (Wildman–Crippen LogP) is 6.22. The van der Waals surface area contributed by atoms with Crippen molar-refractivity contribution >= 4 is 24.5 Å². The zero-order valence-electron chi connectivity index (χ0n) is 17.4. The standard InChI is InChI=1S/C18H17N2P.C8H12.Ir/c1-15-12-13-18(19-14-15)20-21(16-8-4-2-5-9-16)17-10-6-3-7-11-17;1-2-4-6-8-7-5-3-1;/h2-14H,1H3,(H,19,20);1-2,7-8H,3-6H2;. The van der Waals surface area contributed by atoms with E-state index < -0.39 is 8.07 Å². The van der Waals surface area contributed by atoms with E-state index in [0.717, 1.165) is 5.82 Å². The SMILES string of the molecule is Cc1ccc(NP(c2ccccc2)c2ccccc2)nc1.[CH]1[CH]CC[CH][CH]CC1.[Ir]. The van der Waals surface area contributed by atoms with Gasteiger partial charge in [-0.05, 0) is 69.9 Å². The predicted molar refractivity (Wildman–Crippen MR) is 127 cm³/mol. The molecule has 30 heavy (non-hydrogen) atoms. The third kappa shape index (κ3) is 8.68. The van der Waals surface area contributed by atoms with Crippen molar-refractivity contribution in [3.05, 3.63) is 110 Å². The summed E-state index contributed by atoms with van der Waals surface area (Å²) < 4.78 is 0. The van der Waals surface area contributed by atoms with Crippen LogP contribution in [0.4, 0.5) is 5.82 Å². The van der Waals surface area contributed by atoms with Crippen molar-refractivity contribution < 1.29 is 20.1 Å². The molecule has 1 aromatic heterocycles. The molecule has 0 bridgehead atoms. The number of aryl methyl sites for hydroxylation is 1. The third-order valence-electron chi connectivity index (χ3n) is 4.50. The first-order valence-electron chi connectivity index (χ1n) is 10.2. The second-order valence-corrected chi connectivity index (χ2v) is 8.86. The molecule has 1 aliphatic carbocycles. The molecule has 4 rings (SSSR count). The number of hydrogen-bond acceptors (Lipinski definition) is 2. The van der Waals surface area contributed by atoms with Crippen molar-refractivity contribution in [2.45, 2.75) is 32.6 Å². The van der Waals surface area contributed by atoms with E-state index >= 15 is 0 Å². The maximum atomic E-state index is 4.47. The van der Waals surface area contributed by atoms with Gasteiger partial charge >= 0.3 is 0 Å². The Kier molecular flexibility index (Phi) is 11.9. The van der Waals surface area contributed by atoms with Gasteiger partial charge in [0.1, 0.15) is 5.82 Å². The molecule has 0 amide bonds. The Hall–Kier alpha value is -1.53. The van der Waals surface area contributed by atoms with Gasteiger partial charge in [0.15, 0.2) is 0 Å². The van der Waals surface area contributed by atoms with Crippen molar-refractivity contribution in [3.63, 3.8) is 0 Å². The maximum absolute atomic E-state index is 4.47. The molecule has 0 atom stereocenters. The maximum Gasteiger partial charge on any atom is 0.129 e. The molecule has 0 saturated heterocycles. The van der Waals surface area contributed by atoms with Crippen LogP contribution in [0.5, 0.6) is 0 Å². The number of rotatable bonds is 4. The van der Waals surface area contributed by atoms with Gasteiger partial charge in [-0.1, -0.05) is 66.7 Å². The van der Waals surface area contributed by atoms with E-state index in [9.17, 15) is 0 Å². The molecule has 1 N–H and O–H groups in total. The Bertz CT molecular complexity index is 746. The van der Waals surface area contributed by atoms with E-state index in [4.69, 9.17) is 0 Å². The summed E-state index contributed by atoms with van der Waals surface area (Å²) in [5.41, 5.74) is 1.17. The number of aromatic nitrogens is 1. The molecular weight excluding hydrogens is 563 g/mol. The monoisotopic (exact) mass is 593 g/mol. The number of pyridine rings is 1. The molecule has 2 nitrogen and oxygen atoms in total. The average molecular weight is 593 g/mol. The molecule has 1 saturated carbocycles. The minimum Gasteiger partial charge on any atom is -0.342 e. The molecule has 1 heterocycles. The summed E-state index contributed by atoms with van der Waals surface area (Å²) in [6, 6.07) is 25.2. The normalized spacial score (nSPS) is 13.8. The molecule has 3 aromatic rings. The minimum atomic E-state index is -0.649. The van der Waals surface area contributed by atoms with Gasteiger partial charge < -0.3 is 5.09 Å². The van der Waals surface area contributed by atoms with Crippen molar-refractivity contribution in [1.29, 1.82) is 0 Å². The van der Waals surface area contributed by atoms with Crippen LogP contribution in [-0.4, -0.2) is 4.98 Å². The van der Waals surface area contributed by atoms with E-state index in [0.29, 0.717) is 0 Å². The van der Waals surface area contributed by atoms with Gasteiger partial charge in [0.05, 0.1) is 8.07 Å². The fraction of sp³-hybridized carbons (Fsp3) is 0.192. The van der Waals surface area contributed by atoms with Crippen molar-refractivity contribution in [1.82, 2.24) is 4.98 Å². The summed E-state index contributed by atoms with van der Waals surface area (Å²) in [5, 5.41) is 6.18. The van der Waals surface area contributed by atoms with Crippen LogP contribution in [0.1, 0.15) is 31.2 Å². The third-order valence-corrected chi connectivity index (χ3v) is 6.58. The number of nitrogens with one attached hydrogen (secondary N) is 1. The molecular formula is C26H29IrN2P. The number of benzene rings is 2. The van der Waals surface area contributed by atoms with E-state index in [-0.39, 0.29) is 20.1 Å². The summed E-state index contributed by atoms with van der Waals surface area (Å²) in [6.45, 7) is 2.05. The van der Waals surface area contributed by atoms with Crippen molar-refractivity contribution in [3.8, 4) is 0 Å². The molecule has 0 aliphatic heterocycles. The summed E-state index contributed by atoms with van der Waals surface area (Å²) in [5.74, 6) is 0.916. The van der Waals surface area contributed by atoms with Crippen LogP contribution in [0.3, 0.4) is 0 Å². The van der Waals surface area contributed by atoms with Gasteiger partial charge in [-0.2, -0.15) is 0 Å². The van der Waals surface area contributed by atoms with Crippen LogP contribution < -0.4 is 15.7 Å². The molecule has 1 fully saturated rings. The number of nitrogens with zero attached hydrogens (tertiary/aromatic N) is 1. The first-order chi connectivity index (χ1) is 14.3. The Morgan fingerprint density at radius 3 is 1.53 bits per heavy atom. The fourth-order valence-corrected chi connectivity index (χ4v) is 4.80. The van der Waals surface area contributed by atoms with Crippen molar-refractivity contribution in [2.75, 3.05) is 5.09 Å². The average Bonchev–Trinajstić information content (AvgIpc) is 2.75. The topological polar surface area (TPSA) is 24.9 Å². The second-order valence-electron chi connectivity index (χ2n) is 6.94. The summed E-state index contributed by atoms with van der Waals surface area (Å²) >= 11 is 0. The van der Waals surface area contributed by atoms with E-state index in [1.54, 1.807) is 0 Å². The van der Waals surface area contributed by atoms with E-state index in [1.165, 1.54) is 41.9 Å². The Balaban J connectivity index is 0.000000302. The van der Waals surface area contributed by atoms with Gasteiger partial charge in [0.2, 0.25) is 0 Å². The number of hydrogen-bond donors (Lipinski definition) is 1. The summed E-state index contributed by atoms with van der Waals surface area (Å²) in [4.78, 5) is 4.47. The zero-order valence-corrected chi connectivity index (χ0v) is 20.7. The Labute approximate surface area is 197 Å². The fourth-order valence-electron chi connectivity index (χ4n) is 2.94. The summed E-state index contributed by atoms with van der Waals surface area (Å²) in [7, 11) is -0.649. The first-order valence-corrected chi connectivity index (χ1v) is 11.6. The van der Waals surface area contributed by atoms with Crippen LogP contribution in [0, 0.1) is 32.6 Å². The molecule has 4 heteroatoms. The Morgan fingerprint density at radius 2 is 1.13 bits per heavy atom. The van der Waals surface area contributed by atoms with Crippen LogP contribution >= 0.6 is 8.07 Å². The Morgan fingerprint density at radius 1 is 0.667 bits per heavy atom. The van der Waals surface area contributed by atoms with Gasteiger partial charge in [-0.25, -0.2) is 4.98 Å². The van der Waals surface area contributed by atoms with Gasteiger partial charge in [-0.15, -0.1) is 0 Å². The second kappa shape index (κ2) is 14.5. The van der Waals surface area contributed by atoms with Crippen LogP contribution in [-0.2, 0) is 20.1 Å². The molecule has 1 aliphatic rings. The van der Waals surface area contributed by atoms with Gasteiger partial charge in [-0.3, -0.25) is 0 Å². The number of anilines is 1. The van der Waals surface area contributed by atoms with Crippen LogP contribution in [0.2, 0.25) is 0 Å². The van der Waals surface area contributed by atoms with E-state index in [1.807, 2.05) is 31.3 Å². The smallest absolute Gasteiger partial charge is 0.129 e. The van der Waals surface area contributed by atoms with E-state index in [2.05, 4.69) is 90.4 Å². The van der Waals surface area contributed by atoms with Gasteiger partial charge in [0, 0.05) is 36.9 Å². The molecule has 5 radical (unpaired) electrons. The first kappa shape index (κ1) is 24.7. The quantitative estimate of drug-likeness (QED) is 0.364.